The van der Waals surface area contributed by atoms with Gasteiger partial charge < -0.3 is 14.8 Å². The molecule has 1 N–H and O–H groups in total. The van der Waals surface area contributed by atoms with Crippen molar-refractivity contribution in [1.29, 1.82) is 0 Å². The molecule has 0 aliphatic rings. The predicted molar refractivity (Wildman–Crippen MR) is 88.7 cm³/mol. The van der Waals surface area contributed by atoms with Crippen molar-refractivity contribution < 1.29 is 19.1 Å². The Hall–Kier alpha value is -2.12. The third kappa shape index (κ3) is 6.17. The van der Waals surface area contributed by atoms with Crippen molar-refractivity contribution in [2.45, 2.75) is 65.6 Å². The predicted octanol–water partition coefficient (Wildman–Crippen LogP) is 2.57. The number of nitrogens with one attached hydrogen (secondary N) is 1. The SMILES string of the molecule is COC(=O)c1cn([C@H](C)C[C@@H](NC(=O)OC(C)(C)C)C(C)C)nn1. The number of carbonyl (C=O) groups is 2. The van der Waals surface area contributed by atoms with Crippen LogP contribution in [0.2, 0.25) is 0 Å². The topological polar surface area (TPSA) is 95.3 Å². The number of hydrogen-bond donors (Lipinski definition) is 1. The summed E-state index contributed by atoms with van der Waals surface area (Å²) in [6, 6.07) is -0.154. The quantitative estimate of drug-likeness (QED) is 0.800. The molecule has 0 radical (unpaired) electrons. The minimum absolute atomic E-state index is 0.0572. The van der Waals surface area contributed by atoms with Crippen molar-refractivity contribution in [1.82, 2.24) is 20.3 Å². The number of carbonyl (C=O) groups excluding carboxylic acids is 2. The van der Waals surface area contributed by atoms with Gasteiger partial charge in [0.2, 0.25) is 0 Å². The van der Waals surface area contributed by atoms with Crippen molar-refractivity contribution in [2.75, 3.05) is 7.11 Å². The molecule has 1 aromatic rings. The number of rotatable bonds is 6. The number of methoxy groups -OCH3 is 1. The zero-order valence-electron chi connectivity index (χ0n) is 15.5. The lowest BCUT2D eigenvalue weighted by molar-refractivity contribution is 0.0481. The zero-order valence-corrected chi connectivity index (χ0v) is 15.5. The molecule has 0 aliphatic carbocycles. The summed E-state index contributed by atoms with van der Waals surface area (Å²) in [5.74, 6) is -0.315. The van der Waals surface area contributed by atoms with E-state index in [2.05, 4.69) is 20.4 Å². The Kier molecular flexibility index (Phi) is 6.74. The molecule has 0 aromatic carbocycles. The Morgan fingerprint density at radius 1 is 1.29 bits per heavy atom. The molecule has 0 saturated carbocycles. The molecule has 0 unspecified atom stereocenters. The van der Waals surface area contributed by atoms with Gasteiger partial charge in [-0.05, 0) is 40.0 Å². The van der Waals surface area contributed by atoms with Crippen LogP contribution in [-0.2, 0) is 9.47 Å². The molecule has 24 heavy (non-hydrogen) atoms. The summed E-state index contributed by atoms with van der Waals surface area (Å²) in [5.41, 5.74) is -0.385. The van der Waals surface area contributed by atoms with Gasteiger partial charge in [-0.25, -0.2) is 14.3 Å². The Bertz CT molecular complexity index is 563. The van der Waals surface area contributed by atoms with Crippen LogP contribution >= 0.6 is 0 Å². The van der Waals surface area contributed by atoms with Gasteiger partial charge in [-0.1, -0.05) is 19.1 Å². The molecule has 8 heteroatoms. The van der Waals surface area contributed by atoms with E-state index in [0.717, 1.165) is 0 Å². The van der Waals surface area contributed by atoms with E-state index in [1.54, 1.807) is 10.9 Å². The van der Waals surface area contributed by atoms with Crippen LogP contribution in [0.15, 0.2) is 6.20 Å². The molecule has 0 bridgehead atoms. The second-order valence-electron chi connectivity index (χ2n) is 7.16. The first kappa shape index (κ1) is 19.9. The van der Waals surface area contributed by atoms with Crippen molar-refractivity contribution in [3.63, 3.8) is 0 Å². The van der Waals surface area contributed by atoms with E-state index >= 15 is 0 Å². The average molecular weight is 340 g/mol. The van der Waals surface area contributed by atoms with Gasteiger partial charge in [0.25, 0.3) is 0 Å². The second-order valence-corrected chi connectivity index (χ2v) is 7.16. The average Bonchev–Trinajstić information content (AvgIpc) is 2.93. The van der Waals surface area contributed by atoms with Crippen LogP contribution in [0.3, 0.4) is 0 Å². The zero-order chi connectivity index (χ0) is 18.5. The summed E-state index contributed by atoms with van der Waals surface area (Å²) in [4.78, 5) is 23.4. The lowest BCUT2D eigenvalue weighted by Gasteiger charge is -2.27. The maximum absolute atomic E-state index is 12.0. The molecule has 0 spiro atoms. The molecule has 0 saturated heterocycles. The first-order chi connectivity index (χ1) is 11.0. The molecule has 1 heterocycles. The molecule has 136 valence electrons. The molecule has 1 aromatic heterocycles. The Morgan fingerprint density at radius 2 is 1.92 bits per heavy atom. The number of amides is 1. The molecule has 8 nitrogen and oxygen atoms in total. The third-order valence-corrected chi connectivity index (χ3v) is 3.46. The van der Waals surface area contributed by atoms with E-state index in [1.165, 1.54) is 7.11 Å². The van der Waals surface area contributed by atoms with Crippen LogP contribution < -0.4 is 5.32 Å². The summed E-state index contributed by atoms with van der Waals surface area (Å²) < 4.78 is 11.5. The van der Waals surface area contributed by atoms with Gasteiger partial charge in [0, 0.05) is 6.04 Å². The van der Waals surface area contributed by atoms with Gasteiger partial charge in [0.15, 0.2) is 5.69 Å². The maximum atomic E-state index is 12.0. The fraction of sp³-hybridized carbons (Fsp3) is 0.750. The first-order valence-electron chi connectivity index (χ1n) is 8.03. The summed E-state index contributed by atoms with van der Waals surface area (Å²) in [6.45, 7) is 11.5. The highest BCUT2D eigenvalue weighted by Gasteiger charge is 2.24. The molecule has 0 fully saturated rings. The van der Waals surface area contributed by atoms with E-state index in [9.17, 15) is 9.59 Å². The number of esters is 1. The van der Waals surface area contributed by atoms with Crippen molar-refractivity contribution >= 4 is 12.1 Å². The summed E-state index contributed by atoms with van der Waals surface area (Å²) in [5, 5.41) is 10.7. The molecule has 2 atom stereocenters. The Labute approximate surface area is 142 Å². The van der Waals surface area contributed by atoms with Crippen LogP contribution in [0, 0.1) is 5.92 Å². The Morgan fingerprint density at radius 3 is 2.42 bits per heavy atom. The normalized spacial score (nSPS) is 14.2. The van der Waals surface area contributed by atoms with E-state index < -0.39 is 17.7 Å². The highest BCUT2D eigenvalue weighted by molar-refractivity contribution is 5.86. The van der Waals surface area contributed by atoms with Crippen molar-refractivity contribution in [3.05, 3.63) is 11.9 Å². The monoisotopic (exact) mass is 340 g/mol. The lowest BCUT2D eigenvalue weighted by atomic mass is 9.97. The largest absolute Gasteiger partial charge is 0.464 e. The van der Waals surface area contributed by atoms with Crippen LogP contribution in [-0.4, -0.2) is 45.8 Å². The molecule has 0 aliphatic heterocycles. The number of aromatic nitrogens is 3. The van der Waals surface area contributed by atoms with E-state index in [0.29, 0.717) is 6.42 Å². The number of nitrogens with zero attached hydrogens (tertiary/aromatic N) is 3. The first-order valence-corrected chi connectivity index (χ1v) is 8.03. The standard InChI is InChI=1S/C16H28N4O4/c1-10(2)12(17-15(22)24-16(4,5)6)8-11(3)20-9-13(18-19-20)14(21)23-7/h9-12H,8H2,1-7H3,(H,17,22)/t11-,12-/m1/s1. The number of ether oxygens (including phenoxy) is 2. The minimum atomic E-state index is -0.543. The van der Waals surface area contributed by atoms with E-state index in [4.69, 9.17) is 4.74 Å². The second kappa shape index (κ2) is 8.12. The van der Waals surface area contributed by atoms with Gasteiger partial charge in [-0.2, -0.15) is 0 Å². The van der Waals surface area contributed by atoms with Gasteiger partial charge in [0.05, 0.1) is 19.3 Å². The third-order valence-electron chi connectivity index (χ3n) is 3.46. The summed E-state index contributed by atoms with van der Waals surface area (Å²) in [7, 11) is 1.30. The fourth-order valence-corrected chi connectivity index (χ4v) is 2.12. The van der Waals surface area contributed by atoms with Crippen molar-refractivity contribution in [3.8, 4) is 0 Å². The van der Waals surface area contributed by atoms with Gasteiger partial charge in [-0.3, -0.25) is 0 Å². The minimum Gasteiger partial charge on any atom is -0.464 e. The lowest BCUT2D eigenvalue weighted by Crippen LogP contribution is -2.42. The fourth-order valence-electron chi connectivity index (χ4n) is 2.12. The summed E-state index contributed by atoms with van der Waals surface area (Å²) in [6.07, 6.45) is 1.73. The van der Waals surface area contributed by atoms with Crippen molar-refractivity contribution in [2.24, 2.45) is 5.92 Å². The highest BCUT2D eigenvalue weighted by Crippen LogP contribution is 2.18. The Balaban J connectivity index is 2.72. The van der Waals surface area contributed by atoms with Crippen LogP contribution in [0.5, 0.6) is 0 Å². The van der Waals surface area contributed by atoms with E-state index in [1.807, 2.05) is 41.5 Å². The van der Waals surface area contributed by atoms with Gasteiger partial charge >= 0.3 is 12.1 Å². The molecular formula is C16H28N4O4. The van der Waals surface area contributed by atoms with Gasteiger partial charge in [0.1, 0.15) is 5.60 Å². The van der Waals surface area contributed by atoms with Crippen LogP contribution in [0.1, 0.15) is 64.5 Å². The van der Waals surface area contributed by atoms with Gasteiger partial charge in [-0.15, -0.1) is 5.10 Å². The highest BCUT2D eigenvalue weighted by atomic mass is 16.6. The van der Waals surface area contributed by atoms with E-state index in [-0.39, 0.29) is 23.7 Å². The summed E-state index contributed by atoms with van der Waals surface area (Å²) >= 11 is 0. The molecular weight excluding hydrogens is 312 g/mol. The van der Waals surface area contributed by atoms with Crippen LogP contribution in [0.4, 0.5) is 4.79 Å². The molecule has 1 rings (SSSR count). The van der Waals surface area contributed by atoms with Crippen LogP contribution in [0.25, 0.3) is 0 Å². The smallest absolute Gasteiger partial charge is 0.407 e. The number of alkyl carbamates (subject to hydrolysis) is 1. The molecule has 1 amide bonds. The number of hydrogen-bond acceptors (Lipinski definition) is 6. The maximum Gasteiger partial charge on any atom is 0.407 e.